The van der Waals surface area contributed by atoms with E-state index in [1.54, 1.807) is 30.5 Å². The van der Waals surface area contributed by atoms with E-state index in [4.69, 9.17) is 9.47 Å². The molecule has 3 heterocycles. The number of fused-ring (bicyclic) bond motifs is 1. The Morgan fingerprint density at radius 1 is 1.08 bits per heavy atom. The van der Waals surface area contributed by atoms with Crippen molar-refractivity contribution in [1.82, 2.24) is 14.9 Å². The number of carbonyl (C=O) groups is 1. The molecule has 1 N–H and O–H groups in total. The van der Waals surface area contributed by atoms with Gasteiger partial charge in [-0.15, -0.1) is 0 Å². The molecule has 0 aliphatic carbocycles. The lowest BCUT2D eigenvalue weighted by Gasteiger charge is -2.32. The van der Waals surface area contributed by atoms with Crippen LogP contribution in [0.1, 0.15) is 10.5 Å². The van der Waals surface area contributed by atoms with Gasteiger partial charge in [-0.3, -0.25) is 4.79 Å². The average Bonchev–Trinajstić information content (AvgIpc) is 2.68. The molecule has 0 unspecified atom stereocenters. The van der Waals surface area contributed by atoms with Crippen molar-refractivity contribution in [1.29, 1.82) is 0 Å². The van der Waals surface area contributed by atoms with Crippen molar-refractivity contribution in [2.45, 2.75) is 0 Å². The van der Waals surface area contributed by atoms with Crippen LogP contribution in [0.15, 0.2) is 30.5 Å². The van der Waals surface area contributed by atoms with Gasteiger partial charge in [0, 0.05) is 44.1 Å². The SMILES string of the molecule is CN1CCN(c2nccc(C(=O)Nc3ccc4c(c3)OCCO4)n2)CC1. The lowest BCUT2D eigenvalue weighted by molar-refractivity contribution is 0.102. The van der Waals surface area contributed by atoms with Gasteiger partial charge in [-0.05, 0) is 25.2 Å². The lowest BCUT2D eigenvalue weighted by atomic mass is 10.2. The number of hydrogen-bond donors (Lipinski definition) is 1. The Hall–Kier alpha value is -2.87. The van der Waals surface area contributed by atoms with E-state index in [2.05, 4.69) is 32.1 Å². The molecule has 1 saturated heterocycles. The number of nitrogens with one attached hydrogen (secondary N) is 1. The first-order valence-electron chi connectivity index (χ1n) is 8.66. The van der Waals surface area contributed by atoms with E-state index < -0.39 is 0 Å². The summed E-state index contributed by atoms with van der Waals surface area (Å²) in [6.07, 6.45) is 1.62. The Kier molecular flexibility index (Phi) is 4.57. The molecular weight excluding hydrogens is 334 g/mol. The minimum Gasteiger partial charge on any atom is -0.486 e. The summed E-state index contributed by atoms with van der Waals surface area (Å²) in [5.41, 5.74) is 0.975. The van der Waals surface area contributed by atoms with Crippen molar-refractivity contribution in [3.63, 3.8) is 0 Å². The topological polar surface area (TPSA) is 79.8 Å². The molecule has 2 aliphatic rings. The van der Waals surface area contributed by atoms with Gasteiger partial charge in [0.05, 0.1) is 0 Å². The van der Waals surface area contributed by atoms with Crippen LogP contribution in [-0.4, -0.2) is 67.2 Å². The number of ether oxygens (including phenoxy) is 2. The van der Waals surface area contributed by atoms with Crippen LogP contribution in [0.2, 0.25) is 0 Å². The maximum absolute atomic E-state index is 12.6. The molecule has 0 atom stereocenters. The Morgan fingerprint density at radius 3 is 2.65 bits per heavy atom. The number of amides is 1. The standard InChI is InChI=1S/C18H21N5O3/c1-22-6-8-23(9-7-22)18-19-5-4-14(21-18)17(24)20-13-2-3-15-16(12-13)26-11-10-25-15/h2-5,12H,6-11H2,1H3,(H,20,24). The van der Waals surface area contributed by atoms with E-state index in [0.29, 0.717) is 42.0 Å². The predicted molar refractivity (Wildman–Crippen MR) is 97.1 cm³/mol. The second kappa shape index (κ2) is 7.17. The van der Waals surface area contributed by atoms with Crippen LogP contribution in [0.25, 0.3) is 0 Å². The first-order valence-corrected chi connectivity index (χ1v) is 8.66. The molecule has 136 valence electrons. The molecule has 1 aromatic carbocycles. The Bertz CT molecular complexity index is 805. The second-order valence-electron chi connectivity index (χ2n) is 6.34. The minimum absolute atomic E-state index is 0.278. The van der Waals surface area contributed by atoms with Gasteiger partial charge in [0.15, 0.2) is 11.5 Å². The number of piperazine rings is 1. The van der Waals surface area contributed by atoms with E-state index >= 15 is 0 Å². The zero-order valence-corrected chi connectivity index (χ0v) is 14.6. The molecule has 2 aromatic rings. The number of carbonyl (C=O) groups excluding carboxylic acids is 1. The van der Waals surface area contributed by atoms with Crippen LogP contribution in [0.4, 0.5) is 11.6 Å². The zero-order chi connectivity index (χ0) is 17.9. The van der Waals surface area contributed by atoms with Gasteiger partial charge >= 0.3 is 0 Å². The minimum atomic E-state index is -0.278. The van der Waals surface area contributed by atoms with E-state index in [1.165, 1.54) is 0 Å². The predicted octanol–water partition coefficient (Wildman–Crippen LogP) is 1.25. The largest absolute Gasteiger partial charge is 0.486 e. The van der Waals surface area contributed by atoms with Crippen LogP contribution in [-0.2, 0) is 0 Å². The molecule has 4 rings (SSSR count). The molecule has 0 saturated carbocycles. The highest BCUT2D eigenvalue weighted by Gasteiger charge is 2.19. The van der Waals surface area contributed by atoms with E-state index in [0.717, 1.165) is 26.2 Å². The number of anilines is 2. The van der Waals surface area contributed by atoms with Crippen LogP contribution >= 0.6 is 0 Å². The molecule has 0 radical (unpaired) electrons. The maximum Gasteiger partial charge on any atom is 0.274 e. The summed E-state index contributed by atoms with van der Waals surface area (Å²) >= 11 is 0. The van der Waals surface area contributed by atoms with Gasteiger partial charge in [-0.2, -0.15) is 0 Å². The molecule has 1 amide bonds. The van der Waals surface area contributed by atoms with Gasteiger partial charge in [-0.25, -0.2) is 9.97 Å². The van der Waals surface area contributed by atoms with E-state index in [1.807, 2.05) is 0 Å². The summed E-state index contributed by atoms with van der Waals surface area (Å²) in [4.78, 5) is 25.7. The number of rotatable bonds is 3. The van der Waals surface area contributed by atoms with Gasteiger partial charge in [0.2, 0.25) is 5.95 Å². The van der Waals surface area contributed by atoms with Crippen molar-refractivity contribution in [3.8, 4) is 11.5 Å². The maximum atomic E-state index is 12.6. The monoisotopic (exact) mass is 355 g/mol. The lowest BCUT2D eigenvalue weighted by Crippen LogP contribution is -2.45. The number of aromatic nitrogens is 2. The van der Waals surface area contributed by atoms with Gasteiger partial charge in [-0.1, -0.05) is 0 Å². The molecule has 8 heteroatoms. The fourth-order valence-corrected chi connectivity index (χ4v) is 2.95. The normalized spacial score (nSPS) is 17.0. The van der Waals surface area contributed by atoms with Crippen molar-refractivity contribution < 1.29 is 14.3 Å². The third kappa shape index (κ3) is 3.55. The number of benzene rings is 1. The van der Waals surface area contributed by atoms with Crippen molar-refractivity contribution >= 4 is 17.5 Å². The van der Waals surface area contributed by atoms with Crippen LogP contribution in [0, 0.1) is 0 Å². The summed E-state index contributed by atoms with van der Waals surface area (Å²) in [6.45, 7) is 4.65. The fourth-order valence-electron chi connectivity index (χ4n) is 2.95. The van der Waals surface area contributed by atoms with Crippen LogP contribution in [0.3, 0.4) is 0 Å². The first kappa shape index (κ1) is 16.6. The third-order valence-corrected chi connectivity index (χ3v) is 4.46. The molecular formula is C18H21N5O3. The van der Waals surface area contributed by atoms with Crippen LogP contribution in [0.5, 0.6) is 11.5 Å². The average molecular weight is 355 g/mol. The highest BCUT2D eigenvalue weighted by Crippen LogP contribution is 2.32. The van der Waals surface area contributed by atoms with Gasteiger partial charge < -0.3 is 24.6 Å². The summed E-state index contributed by atoms with van der Waals surface area (Å²) < 4.78 is 11.0. The number of hydrogen-bond acceptors (Lipinski definition) is 7. The zero-order valence-electron chi connectivity index (χ0n) is 14.6. The summed E-state index contributed by atoms with van der Waals surface area (Å²) in [5, 5.41) is 2.85. The fraction of sp³-hybridized carbons (Fsp3) is 0.389. The Morgan fingerprint density at radius 2 is 1.85 bits per heavy atom. The number of nitrogens with zero attached hydrogens (tertiary/aromatic N) is 4. The Balaban J connectivity index is 1.47. The summed E-state index contributed by atoms with van der Waals surface area (Å²) in [6, 6.07) is 6.95. The molecule has 1 fully saturated rings. The smallest absolute Gasteiger partial charge is 0.274 e. The first-order chi connectivity index (χ1) is 12.7. The molecule has 8 nitrogen and oxygen atoms in total. The molecule has 1 aromatic heterocycles. The molecule has 0 spiro atoms. The highest BCUT2D eigenvalue weighted by molar-refractivity contribution is 6.03. The summed E-state index contributed by atoms with van der Waals surface area (Å²) in [7, 11) is 2.09. The Labute approximate surface area is 151 Å². The van der Waals surface area contributed by atoms with Gasteiger partial charge in [0.1, 0.15) is 18.9 Å². The summed E-state index contributed by atoms with van der Waals surface area (Å²) in [5.74, 6) is 1.64. The quantitative estimate of drug-likeness (QED) is 0.888. The molecule has 26 heavy (non-hydrogen) atoms. The van der Waals surface area contributed by atoms with Crippen molar-refractivity contribution in [3.05, 3.63) is 36.2 Å². The highest BCUT2D eigenvalue weighted by atomic mass is 16.6. The number of likely N-dealkylation sites (N-methyl/N-ethyl adjacent to an activating group) is 1. The van der Waals surface area contributed by atoms with Crippen LogP contribution < -0.4 is 19.7 Å². The van der Waals surface area contributed by atoms with Crippen molar-refractivity contribution in [2.24, 2.45) is 0 Å². The van der Waals surface area contributed by atoms with Gasteiger partial charge in [0.25, 0.3) is 5.91 Å². The molecule has 0 bridgehead atoms. The second-order valence-corrected chi connectivity index (χ2v) is 6.34. The van der Waals surface area contributed by atoms with E-state index in [9.17, 15) is 4.79 Å². The van der Waals surface area contributed by atoms with E-state index in [-0.39, 0.29) is 5.91 Å². The molecule has 2 aliphatic heterocycles. The van der Waals surface area contributed by atoms with Crippen molar-refractivity contribution in [2.75, 3.05) is 56.7 Å². The third-order valence-electron chi connectivity index (χ3n) is 4.46.